The van der Waals surface area contributed by atoms with Crippen molar-refractivity contribution in [3.8, 4) is 6.07 Å². The van der Waals surface area contributed by atoms with Gasteiger partial charge in [-0.1, -0.05) is 11.6 Å². The second-order valence-corrected chi connectivity index (χ2v) is 6.92. The molecule has 0 saturated heterocycles. The summed E-state index contributed by atoms with van der Waals surface area (Å²) in [6.45, 7) is 1.35. The number of carbonyl (C=O) groups is 2. The van der Waals surface area contributed by atoms with E-state index in [1.54, 1.807) is 31.2 Å². The number of amides is 2. The molecule has 10 heteroatoms. The molecule has 158 valence electrons. The molecule has 0 spiro atoms. The van der Waals surface area contributed by atoms with Crippen LogP contribution in [0.2, 0.25) is 5.02 Å². The summed E-state index contributed by atoms with van der Waals surface area (Å²) in [5.74, 6) is -0.980. The van der Waals surface area contributed by atoms with Crippen LogP contribution in [0.1, 0.15) is 18.1 Å². The first-order valence-corrected chi connectivity index (χ1v) is 9.07. The average Bonchev–Trinajstić information content (AvgIpc) is 2.68. The molecule has 30 heavy (non-hydrogen) atoms. The molecule has 0 aliphatic rings. The van der Waals surface area contributed by atoms with Crippen molar-refractivity contribution in [3.63, 3.8) is 0 Å². The Hall–Kier alpha value is -3.09. The summed E-state index contributed by atoms with van der Waals surface area (Å²) in [6.07, 6.45) is -4.65. The largest absolute Gasteiger partial charge is 0.417 e. The summed E-state index contributed by atoms with van der Waals surface area (Å²) in [7, 11) is 1.53. The minimum absolute atomic E-state index is 0.0557. The Bertz CT molecular complexity index is 971. The first-order chi connectivity index (χ1) is 14.0. The lowest BCUT2D eigenvalue weighted by Crippen LogP contribution is -2.43. The SMILES string of the molecule is C[C@H](C(=O)Nc1ccc(C#N)cc1)N(C)CC(=O)Nc1ccc(Cl)c(C(F)(F)F)c1. The van der Waals surface area contributed by atoms with Gasteiger partial charge in [-0.25, -0.2) is 0 Å². The Kier molecular flexibility index (Phi) is 7.43. The van der Waals surface area contributed by atoms with Gasteiger partial charge in [-0.2, -0.15) is 18.4 Å². The van der Waals surface area contributed by atoms with Gasteiger partial charge < -0.3 is 10.6 Å². The van der Waals surface area contributed by atoms with Crippen LogP contribution in [0.15, 0.2) is 42.5 Å². The van der Waals surface area contributed by atoms with Gasteiger partial charge in [0, 0.05) is 11.4 Å². The van der Waals surface area contributed by atoms with E-state index in [1.807, 2.05) is 6.07 Å². The monoisotopic (exact) mass is 438 g/mol. The molecule has 0 heterocycles. The first kappa shape index (κ1) is 23.2. The molecule has 0 bridgehead atoms. The number of benzene rings is 2. The Morgan fingerprint density at radius 2 is 1.73 bits per heavy atom. The quantitative estimate of drug-likeness (QED) is 0.710. The zero-order valence-corrected chi connectivity index (χ0v) is 16.8. The average molecular weight is 439 g/mol. The molecule has 2 rings (SSSR count). The Labute approximate surface area is 176 Å². The second-order valence-electron chi connectivity index (χ2n) is 6.51. The number of alkyl halides is 3. The highest BCUT2D eigenvalue weighted by Gasteiger charge is 2.33. The van der Waals surface area contributed by atoms with Gasteiger partial charge in [0.15, 0.2) is 0 Å². The number of halogens is 4. The maximum absolute atomic E-state index is 12.9. The fourth-order valence-corrected chi connectivity index (χ4v) is 2.68. The van der Waals surface area contributed by atoms with Crippen LogP contribution in [0.25, 0.3) is 0 Å². The molecule has 6 nitrogen and oxygen atoms in total. The number of hydrogen-bond acceptors (Lipinski definition) is 4. The lowest BCUT2D eigenvalue weighted by Gasteiger charge is -2.23. The number of anilines is 2. The van der Waals surface area contributed by atoms with Gasteiger partial charge in [0.1, 0.15) is 0 Å². The highest BCUT2D eigenvalue weighted by molar-refractivity contribution is 6.31. The van der Waals surface area contributed by atoms with Gasteiger partial charge >= 0.3 is 6.18 Å². The van der Waals surface area contributed by atoms with E-state index in [0.29, 0.717) is 11.3 Å². The number of nitrogens with zero attached hydrogens (tertiary/aromatic N) is 2. The van der Waals surface area contributed by atoms with Crippen LogP contribution in [-0.2, 0) is 15.8 Å². The molecule has 1 atom stereocenters. The maximum atomic E-state index is 12.9. The molecule has 0 aliphatic heterocycles. The summed E-state index contributed by atoms with van der Waals surface area (Å²) < 4.78 is 38.8. The van der Waals surface area contributed by atoms with Crippen LogP contribution in [0.5, 0.6) is 0 Å². The van der Waals surface area contributed by atoms with Gasteiger partial charge in [-0.05, 0) is 56.4 Å². The van der Waals surface area contributed by atoms with Gasteiger partial charge in [-0.15, -0.1) is 0 Å². The molecule has 2 N–H and O–H groups in total. The first-order valence-electron chi connectivity index (χ1n) is 8.69. The third kappa shape index (κ3) is 6.20. The fraction of sp³-hybridized carbons (Fsp3) is 0.250. The standard InChI is InChI=1S/C20H18ClF3N4O2/c1-12(19(30)27-14-5-3-13(10-25)4-6-14)28(2)11-18(29)26-15-7-8-17(21)16(9-15)20(22,23)24/h3-9,12H,11H2,1-2H3,(H,26,29)(H,27,30)/t12-/m1/s1. The van der Waals surface area contributed by atoms with Crippen molar-refractivity contribution in [2.75, 3.05) is 24.2 Å². The summed E-state index contributed by atoms with van der Waals surface area (Å²) >= 11 is 5.56. The van der Waals surface area contributed by atoms with Crippen molar-refractivity contribution >= 4 is 34.8 Å². The number of nitriles is 1. The van der Waals surface area contributed by atoms with Crippen molar-refractivity contribution < 1.29 is 22.8 Å². The van der Waals surface area contributed by atoms with E-state index >= 15 is 0 Å². The maximum Gasteiger partial charge on any atom is 0.417 e. The van der Waals surface area contributed by atoms with E-state index in [4.69, 9.17) is 16.9 Å². The summed E-state index contributed by atoms with van der Waals surface area (Å²) in [4.78, 5) is 26.0. The summed E-state index contributed by atoms with van der Waals surface area (Å²) in [5, 5.41) is 13.4. The van der Waals surface area contributed by atoms with Crippen molar-refractivity contribution in [2.24, 2.45) is 0 Å². The van der Waals surface area contributed by atoms with Crippen molar-refractivity contribution in [3.05, 3.63) is 58.6 Å². The highest BCUT2D eigenvalue weighted by atomic mass is 35.5. The number of likely N-dealkylation sites (N-methyl/N-ethyl adjacent to an activating group) is 1. The van der Waals surface area contributed by atoms with E-state index in [-0.39, 0.29) is 18.1 Å². The molecule has 2 aromatic rings. The van der Waals surface area contributed by atoms with Crippen LogP contribution < -0.4 is 10.6 Å². The molecule has 0 radical (unpaired) electrons. The molecule has 2 aromatic carbocycles. The van der Waals surface area contributed by atoms with Gasteiger partial charge in [-0.3, -0.25) is 14.5 Å². The van der Waals surface area contributed by atoms with Crippen LogP contribution in [0, 0.1) is 11.3 Å². The predicted molar refractivity (Wildman–Crippen MR) is 107 cm³/mol. The van der Waals surface area contributed by atoms with Crippen LogP contribution in [-0.4, -0.2) is 36.3 Å². The molecular weight excluding hydrogens is 421 g/mol. The van der Waals surface area contributed by atoms with Crippen molar-refractivity contribution in [1.29, 1.82) is 5.26 Å². The van der Waals surface area contributed by atoms with E-state index in [0.717, 1.165) is 12.1 Å². The molecule has 0 fully saturated rings. The molecular formula is C20H18ClF3N4O2. The minimum atomic E-state index is -4.65. The van der Waals surface area contributed by atoms with E-state index < -0.39 is 28.7 Å². The van der Waals surface area contributed by atoms with Crippen LogP contribution in [0.4, 0.5) is 24.5 Å². The normalized spacial score (nSPS) is 12.2. The number of rotatable bonds is 6. The van der Waals surface area contributed by atoms with Crippen molar-refractivity contribution in [1.82, 2.24) is 4.90 Å². The highest BCUT2D eigenvalue weighted by Crippen LogP contribution is 2.36. The number of carbonyl (C=O) groups excluding carboxylic acids is 2. The molecule has 0 aliphatic carbocycles. The smallest absolute Gasteiger partial charge is 0.325 e. The van der Waals surface area contributed by atoms with Gasteiger partial charge in [0.2, 0.25) is 11.8 Å². The molecule has 0 unspecified atom stereocenters. The molecule has 0 aromatic heterocycles. The van der Waals surface area contributed by atoms with Crippen LogP contribution >= 0.6 is 11.6 Å². The lowest BCUT2D eigenvalue weighted by atomic mass is 10.2. The predicted octanol–water partition coefficient (Wildman–Crippen LogP) is 4.13. The van der Waals surface area contributed by atoms with Crippen LogP contribution in [0.3, 0.4) is 0 Å². The number of hydrogen-bond donors (Lipinski definition) is 2. The summed E-state index contributed by atoms with van der Waals surface area (Å²) in [6, 6.07) is 10.6. The Morgan fingerprint density at radius 1 is 1.13 bits per heavy atom. The fourth-order valence-electron chi connectivity index (χ4n) is 2.46. The van der Waals surface area contributed by atoms with E-state index in [9.17, 15) is 22.8 Å². The van der Waals surface area contributed by atoms with Crippen molar-refractivity contribution in [2.45, 2.75) is 19.1 Å². The lowest BCUT2D eigenvalue weighted by molar-refractivity contribution is -0.137. The Morgan fingerprint density at radius 3 is 2.30 bits per heavy atom. The van der Waals surface area contributed by atoms with Gasteiger partial charge in [0.25, 0.3) is 0 Å². The third-order valence-corrected chi connectivity index (χ3v) is 4.60. The topological polar surface area (TPSA) is 85.2 Å². The number of nitrogens with one attached hydrogen (secondary N) is 2. The zero-order valence-electron chi connectivity index (χ0n) is 16.0. The van der Waals surface area contributed by atoms with E-state index in [1.165, 1.54) is 18.0 Å². The molecule has 0 saturated carbocycles. The summed E-state index contributed by atoms with van der Waals surface area (Å²) in [5.41, 5.74) is -0.166. The zero-order chi connectivity index (χ0) is 22.5. The third-order valence-electron chi connectivity index (χ3n) is 4.27. The van der Waals surface area contributed by atoms with Gasteiger partial charge in [0.05, 0.1) is 34.8 Å². The Balaban J connectivity index is 1.96. The molecule has 2 amide bonds. The van der Waals surface area contributed by atoms with E-state index in [2.05, 4.69) is 10.6 Å². The second kappa shape index (κ2) is 9.61. The minimum Gasteiger partial charge on any atom is -0.325 e.